The lowest BCUT2D eigenvalue weighted by atomic mass is 9.95. The molecule has 0 unspecified atom stereocenters. The topological polar surface area (TPSA) is 72.8 Å². The average molecular weight is 272 g/mol. The fourth-order valence-electron chi connectivity index (χ4n) is 1.24. The summed E-state index contributed by atoms with van der Waals surface area (Å²) < 4.78 is 8.73. The number of benzene rings is 1. The lowest BCUT2D eigenvalue weighted by molar-refractivity contribution is -0.134. The molecule has 0 fully saturated rings. The monoisotopic (exact) mass is 272 g/mol. The highest BCUT2D eigenvalue weighted by molar-refractivity contribution is 5.90. The number of carbonyl (C=O) groups is 2. The van der Waals surface area contributed by atoms with E-state index in [9.17, 15) is 14.7 Å². The molecular formula is C15H12O5. The maximum Gasteiger partial charge on any atom is 0.384 e. The number of carbonyl (C=O) groups excluding carboxylic acids is 2. The van der Waals surface area contributed by atoms with E-state index < -0.39 is 17.5 Å². The van der Waals surface area contributed by atoms with Crippen molar-refractivity contribution in [3.8, 4) is 23.7 Å². The van der Waals surface area contributed by atoms with E-state index in [0.717, 1.165) is 0 Å². The first-order valence-electron chi connectivity index (χ1n) is 5.52. The summed E-state index contributed by atoms with van der Waals surface area (Å²) in [6.07, 6.45) is 0. The Hall–Kier alpha value is -2.76. The molecule has 20 heavy (non-hydrogen) atoms. The molecule has 0 heterocycles. The molecular weight excluding hydrogens is 260 g/mol. The number of aliphatic hydroxyl groups is 1. The molecule has 102 valence electrons. The summed E-state index contributed by atoms with van der Waals surface area (Å²) >= 11 is 0. The maximum absolute atomic E-state index is 11.0. The Balaban J connectivity index is 3.24. The molecule has 0 saturated carbocycles. The van der Waals surface area contributed by atoms with Gasteiger partial charge in [0.25, 0.3) is 0 Å². The van der Waals surface area contributed by atoms with Crippen molar-refractivity contribution in [3.63, 3.8) is 0 Å². The van der Waals surface area contributed by atoms with Crippen LogP contribution in [0.15, 0.2) is 30.3 Å². The molecule has 1 N–H and O–H groups in total. The summed E-state index contributed by atoms with van der Waals surface area (Å²) in [7, 11) is 2.33. The van der Waals surface area contributed by atoms with Crippen molar-refractivity contribution in [2.24, 2.45) is 0 Å². The van der Waals surface area contributed by atoms with Gasteiger partial charge in [-0.25, -0.2) is 9.59 Å². The van der Waals surface area contributed by atoms with Gasteiger partial charge in [0.1, 0.15) is 0 Å². The van der Waals surface area contributed by atoms with Crippen LogP contribution in [0.1, 0.15) is 5.56 Å². The quantitative estimate of drug-likeness (QED) is 0.450. The van der Waals surface area contributed by atoms with E-state index in [1.165, 1.54) is 14.2 Å². The normalized spacial score (nSPS) is 9.35. The van der Waals surface area contributed by atoms with Gasteiger partial charge in [-0.15, -0.1) is 0 Å². The summed E-state index contributed by atoms with van der Waals surface area (Å²) in [4.78, 5) is 22.1. The molecule has 0 atom stereocenters. The largest absolute Gasteiger partial charge is 0.459 e. The van der Waals surface area contributed by atoms with Crippen LogP contribution in [-0.4, -0.2) is 31.3 Å². The van der Waals surface area contributed by atoms with Crippen LogP contribution >= 0.6 is 0 Å². The predicted molar refractivity (Wildman–Crippen MR) is 69.9 cm³/mol. The van der Waals surface area contributed by atoms with Gasteiger partial charge in [-0.3, -0.25) is 0 Å². The van der Waals surface area contributed by atoms with E-state index in [0.29, 0.717) is 5.56 Å². The van der Waals surface area contributed by atoms with E-state index >= 15 is 0 Å². The van der Waals surface area contributed by atoms with Crippen molar-refractivity contribution in [2.75, 3.05) is 14.2 Å². The van der Waals surface area contributed by atoms with Crippen molar-refractivity contribution in [1.82, 2.24) is 0 Å². The molecule has 0 aliphatic carbocycles. The highest BCUT2D eigenvalue weighted by Crippen LogP contribution is 2.19. The zero-order valence-corrected chi connectivity index (χ0v) is 11.0. The molecule has 5 nitrogen and oxygen atoms in total. The zero-order chi connectivity index (χ0) is 15.0. The Morgan fingerprint density at radius 2 is 1.45 bits per heavy atom. The van der Waals surface area contributed by atoms with Crippen LogP contribution in [0.5, 0.6) is 0 Å². The molecule has 1 rings (SSSR count). The van der Waals surface area contributed by atoms with Crippen molar-refractivity contribution in [1.29, 1.82) is 0 Å². The molecule has 0 spiro atoms. The molecule has 0 aliphatic heterocycles. The third kappa shape index (κ3) is 4.16. The van der Waals surface area contributed by atoms with Crippen LogP contribution in [0.2, 0.25) is 0 Å². The van der Waals surface area contributed by atoms with E-state index in [4.69, 9.17) is 0 Å². The first-order chi connectivity index (χ1) is 9.51. The Morgan fingerprint density at radius 1 is 1.00 bits per heavy atom. The number of ether oxygens (including phenoxy) is 2. The van der Waals surface area contributed by atoms with Gasteiger partial charge in [0.05, 0.1) is 14.2 Å². The third-order valence-electron chi connectivity index (χ3n) is 2.25. The van der Waals surface area contributed by atoms with Crippen molar-refractivity contribution >= 4 is 11.9 Å². The molecule has 1 aromatic rings. The SMILES string of the molecule is COC(=O)C#CC(O)(C#CC(=O)OC)c1ccccc1. The lowest BCUT2D eigenvalue weighted by Crippen LogP contribution is -2.22. The molecule has 0 amide bonds. The Labute approximate surface area is 116 Å². The van der Waals surface area contributed by atoms with Gasteiger partial charge >= 0.3 is 11.9 Å². The van der Waals surface area contributed by atoms with Crippen LogP contribution in [0.4, 0.5) is 0 Å². The summed E-state index contributed by atoms with van der Waals surface area (Å²) in [6, 6.07) is 8.21. The van der Waals surface area contributed by atoms with Gasteiger partial charge < -0.3 is 14.6 Å². The predicted octanol–water partition coefficient (Wildman–Crippen LogP) is 0.227. The molecule has 1 aromatic carbocycles. The Morgan fingerprint density at radius 3 is 1.85 bits per heavy atom. The minimum atomic E-state index is -1.97. The van der Waals surface area contributed by atoms with Crippen molar-refractivity contribution < 1.29 is 24.2 Å². The minimum Gasteiger partial charge on any atom is -0.459 e. The van der Waals surface area contributed by atoms with Gasteiger partial charge in [-0.05, 0) is 11.8 Å². The van der Waals surface area contributed by atoms with Gasteiger partial charge in [0.2, 0.25) is 5.60 Å². The fraction of sp³-hybridized carbons (Fsp3) is 0.200. The first kappa shape index (κ1) is 15.3. The van der Waals surface area contributed by atoms with Gasteiger partial charge in [-0.2, -0.15) is 0 Å². The number of esters is 2. The summed E-state index contributed by atoms with van der Waals surface area (Å²) in [6.45, 7) is 0. The number of methoxy groups -OCH3 is 2. The molecule has 0 aliphatic rings. The highest BCUT2D eigenvalue weighted by atomic mass is 16.5. The number of hydrogen-bond acceptors (Lipinski definition) is 5. The van der Waals surface area contributed by atoms with E-state index in [1.54, 1.807) is 30.3 Å². The van der Waals surface area contributed by atoms with Crippen molar-refractivity contribution in [2.45, 2.75) is 5.60 Å². The van der Waals surface area contributed by atoms with Crippen LogP contribution in [-0.2, 0) is 24.7 Å². The standard InChI is InChI=1S/C15H12O5/c1-19-13(16)8-10-15(18,11-9-14(17)20-2)12-6-4-3-5-7-12/h3-7,18H,1-2H3. The summed E-state index contributed by atoms with van der Waals surface area (Å²) in [5, 5.41) is 10.4. The first-order valence-corrected chi connectivity index (χ1v) is 5.52. The minimum absolute atomic E-state index is 0.327. The van der Waals surface area contributed by atoms with Crippen LogP contribution in [0, 0.1) is 23.7 Å². The molecule has 0 aromatic heterocycles. The van der Waals surface area contributed by atoms with Crippen LogP contribution < -0.4 is 0 Å². The van der Waals surface area contributed by atoms with Gasteiger partial charge in [-0.1, -0.05) is 30.3 Å². The zero-order valence-electron chi connectivity index (χ0n) is 11.0. The number of hydrogen-bond donors (Lipinski definition) is 1. The smallest absolute Gasteiger partial charge is 0.384 e. The lowest BCUT2D eigenvalue weighted by Gasteiger charge is -2.15. The van der Waals surface area contributed by atoms with Gasteiger partial charge in [0, 0.05) is 17.4 Å². The summed E-state index contributed by atoms with van der Waals surface area (Å²) in [5.41, 5.74) is -1.64. The highest BCUT2D eigenvalue weighted by Gasteiger charge is 2.24. The Bertz CT molecular complexity index is 576. The molecule has 0 radical (unpaired) electrons. The van der Waals surface area contributed by atoms with Gasteiger partial charge in [0.15, 0.2) is 0 Å². The second-order valence-corrected chi connectivity index (χ2v) is 3.56. The average Bonchev–Trinajstić information content (AvgIpc) is 2.51. The van der Waals surface area contributed by atoms with Crippen LogP contribution in [0.25, 0.3) is 0 Å². The van der Waals surface area contributed by atoms with E-state index in [1.807, 2.05) is 0 Å². The van der Waals surface area contributed by atoms with Crippen molar-refractivity contribution in [3.05, 3.63) is 35.9 Å². The molecule has 0 saturated heterocycles. The molecule has 0 bridgehead atoms. The second kappa shape index (κ2) is 6.98. The Kier molecular flexibility index (Phi) is 5.34. The van der Waals surface area contributed by atoms with E-state index in [2.05, 4.69) is 33.2 Å². The third-order valence-corrected chi connectivity index (χ3v) is 2.25. The fourth-order valence-corrected chi connectivity index (χ4v) is 1.24. The maximum atomic E-state index is 11.0. The van der Waals surface area contributed by atoms with Crippen LogP contribution in [0.3, 0.4) is 0 Å². The summed E-state index contributed by atoms with van der Waals surface area (Å²) in [5.74, 6) is 7.14. The second-order valence-electron chi connectivity index (χ2n) is 3.56. The molecule has 5 heteroatoms. The number of rotatable bonds is 1. The van der Waals surface area contributed by atoms with E-state index in [-0.39, 0.29) is 0 Å².